The number of guanidine groups is 1. The summed E-state index contributed by atoms with van der Waals surface area (Å²) in [6.45, 7) is 6.53. The van der Waals surface area contributed by atoms with Gasteiger partial charge in [-0.15, -0.1) is 35.3 Å². The van der Waals surface area contributed by atoms with Gasteiger partial charge in [0.25, 0.3) is 0 Å². The Bertz CT molecular complexity index is 1160. The maximum atomic E-state index is 4.59. The Kier molecular flexibility index (Phi) is 8.63. The second kappa shape index (κ2) is 11.4. The number of aryl methyl sites for hydroxylation is 2. The highest BCUT2D eigenvalue weighted by Crippen LogP contribution is 2.16. The van der Waals surface area contributed by atoms with E-state index in [1.165, 1.54) is 21.0 Å². The van der Waals surface area contributed by atoms with Crippen LogP contribution in [0.25, 0.3) is 11.0 Å². The van der Waals surface area contributed by atoms with Gasteiger partial charge in [-0.3, -0.25) is 4.99 Å². The van der Waals surface area contributed by atoms with Crippen molar-refractivity contribution in [2.24, 2.45) is 4.99 Å². The molecule has 0 bridgehead atoms. The number of thiazole rings is 1. The van der Waals surface area contributed by atoms with E-state index in [0.29, 0.717) is 0 Å². The van der Waals surface area contributed by atoms with Crippen molar-refractivity contribution in [1.29, 1.82) is 0 Å². The molecule has 2 aromatic carbocycles. The summed E-state index contributed by atoms with van der Waals surface area (Å²) in [5.41, 5.74) is 5.79. The molecule has 0 aliphatic heterocycles. The van der Waals surface area contributed by atoms with Gasteiger partial charge >= 0.3 is 0 Å². The molecule has 0 aliphatic rings. The molecule has 0 saturated heterocycles. The lowest BCUT2D eigenvalue weighted by molar-refractivity contribution is 0.789. The Morgan fingerprint density at radius 1 is 1.03 bits per heavy atom. The number of aliphatic imine (C=N–C) groups is 1. The Hall–Kier alpha value is -2.46. The quantitative estimate of drug-likeness (QED) is 0.196. The predicted octanol–water partition coefficient (Wildman–Crippen LogP) is 4.68. The molecule has 32 heavy (non-hydrogen) atoms. The highest BCUT2D eigenvalue weighted by Gasteiger charge is 2.05. The third-order valence-corrected chi connectivity index (χ3v) is 6.42. The fourth-order valence-electron chi connectivity index (χ4n) is 3.44. The first-order chi connectivity index (χ1) is 15.1. The SMILES string of the molecule is CN=C(NCCc1nc(C)c(C)s1)NCc1ccc(Cn2cnc3ccccc32)cc1.I. The number of hydrogen-bond donors (Lipinski definition) is 2. The van der Waals surface area contributed by atoms with Crippen LogP contribution in [-0.4, -0.2) is 34.1 Å². The second-order valence-corrected chi connectivity index (χ2v) is 8.82. The summed E-state index contributed by atoms with van der Waals surface area (Å²) < 4.78 is 2.18. The van der Waals surface area contributed by atoms with Crippen LogP contribution in [0.4, 0.5) is 0 Å². The molecule has 0 unspecified atom stereocenters. The normalized spacial score (nSPS) is 11.4. The van der Waals surface area contributed by atoms with Crippen LogP contribution in [0.5, 0.6) is 0 Å². The summed E-state index contributed by atoms with van der Waals surface area (Å²) in [5, 5.41) is 7.92. The molecule has 0 atom stereocenters. The van der Waals surface area contributed by atoms with E-state index in [9.17, 15) is 0 Å². The van der Waals surface area contributed by atoms with Crippen LogP contribution < -0.4 is 10.6 Å². The number of nitrogens with zero attached hydrogens (tertiary/aromatic N) is 4. The third-order valence-electron chi connectivity index (χ3n) is 5.29. The highest BCUT2D eigenvalue weighted by molar-refractivity contribution is 14.0. The summed E-state index contributed by atoms with van der Waals surface area (Å²) in [6.07, 6.45) is 2.81. The average molecular weight is 561 g/mol. The van der Waals surface area contributed by atoms with Gasteiger partial charge < -0.3 is 15.2 Å². The van der Waals surface area contributed by atoms with Gasteiger partial charge in [-0.1, -0.05) is 36.4 Å². The number of halogens is 1. The van der Waals surface area contributed by atoms with Crippen LogP contribution >= 0.6 is 35.3 Å². The van der Waals surface area contributed by atoms with E-state index < -0.39 is 0 Å². The van der Waals surface area contributed by atoms with E-state index in [2.05, 4.69) is 80.4 Å². The Labute approximate surface area is 210 Å². The first-order valence-corrected chi connectivity index (χ1v) is 11.3. The number of rotatable bonds is 7. The summed E-state index contributed by atoms with van der Waals surface area (Å²) >= 11 is 1.77. The number of benzene rings is 2. The Morgan fingerprint density at radius 2 is 1.78 bits per heavy atom. The Morgan fingerprint density at radius 3 is 2.50 bits per heavy atom. The van der Waals surface area contributed by atoms with E-state index in [1.807, 2.05) is 18.5 Å². The molecule has 2 heterocycles. The summed E-state index contributed by atoms with van der Waals surface area (Å²) in [5.74, 6) is 0.805. The average Bonchev–Trinajstić information content (AvgIpc) is 3.34. The molecule has 0 amide bonds. The standard InChI is InChI=1S/C24H28N6S.HI/c1-17-18(2)31-23(29-17)12-13-26-24(25-3)27-14-19-8-10-20(11-9-19)15-30-16-28-21-6-4-5-7-22(21)30;/h4-11,16H,12-15H2,1-3H3,(H2,25,26,27);1H. The monoisotopic (exact) mass is 560 g/mol. The molecule has 8 heteroatoms. The molecule has 2 aromatic heterocycles. The van der Waals surface area contributed by atoms with E-state index in [1.54, 1.807) is 18.4 Å². The number of imidazole rings is 1. The summed E-state index contributed by atoms with van der Waals surface area (Å²) in [7, 11) is 1.80. The molecule has 0 fully saturated rings. The summed E-state index contributed by atoms with van der Waals surface area (Å²) in [4.78, 5) is 14.7. The second-order valence-electron chi connectivity index (χ2n) is 7.53. The molecule has 168 valence electrons. The van der Waals surface area contributed by atoms with Crippen LogP contribution in [-0.2, 0) is 19.5 Å². The highest BCUT2D eigenvalue weighted by atomic mass is 127. The van der Waals surface area contributed by atoms with E-state index >= 15 is 0 Å². The number of aromatic nitrogens is 3. The zero-order valence-corrected chi connectivity index (χ0v) is 21.8. The van der Waals surface area contributed by atoms with E-state index in [4.69, 9.17) is 0 Å². The van der Waals surface area contributed by atoms with Gasteiger partial charge in [0.1, 0.15) is 0 Å². The van der Waals surface area contributed by atoms with Crippen LogP contribution in [0.3, 0.4) is 0 Å². The number of hydrogen-bond acceptors (Lipinski definition) is 4. The maximum Gasteiger partial charge on any atom is 0.191 e. The molecule has 4 rings (SSSR count). The number of para-hydroxylation sites is 2. The third kappa shape index (κ3) is 6.07. The zero-order chi connectivity index (χ0) is 21.6. The van der Waals surface area contributed by atoms with Gasteiger partial charge in [0.15, 0.2) is 5.96 Å². The molecule has 0 aliphatic carbocycles. The van der Waals surface area contributed by atoms with Gasteiger partial charge in [0, 0.05) is 38.0 Å². The largest absolute Gasteiger partial charge is 0.356 e. The van der Waals surface area contributed by atoms with E-state index in [0.717, 1.165) is 48.7 Å². The van der Waals surface area contributed by atoms with Crippen molar-refractivity contribution < 1.29 is 0 Å². The minimum Gasteiger partial charge on any atom is -0.356 e. The van der Waals surface area contributed by atoms with Crippen molar-refractivity contribution in [3.63, 3.8) is 0 Å². The van der Waals surface area contributed by atoms with Gasteiger partial charge in [-0.05, 0) is 37.1 Å². The first-order valence-electron chi connectivity index (χ1n) is 10.5. The topological polar surface area (TPSA) is 67.1 Å². The molecular weight excluding hydrogens is 531 g/mol. The molecule has 6 nitrogen and oxygen atoms in total. The fourth-order valence-corrected chi connectivity index (χ4v) is 4.37. The molecular formula is C24H29IN6S. The molecule has 0 radical (unpaired) electrons. The summed E-state index contributed by atoms with van der Waals surface area (Å²) in [6, 6.07) is 16.9. The van der Waals surface area contributed by atoms with E-state index in [-0.39, 0.29) is 24.0 Å². The number of fused-ring (bicyclic) bond motifs is 1. The fraction of sp³-hybridized carbons (Fsp3) is 0.292. The maximum absolute atomic E-state index is 4.59. The molecule has 0 saturated carbocycles. The van der Waals surface area contributed by atoms with Gasteiger partial charge in [0.05, 0.1) is 28.1 Å². The van der Waals surface area contributed by atoms with Crippen LogP contribution in [0.1, 0.15) is 26.7 Å². The lowest BCUT2D eigenvalue weighted by Crippen LogP contribution is -2.37. The van der Waals surface area contributed by atoms with Crippen molar-refractivity contribution >= 4 is 52.3 Å². The lowest BCUT2D eigenvalue weighted by Gasteiger charge is -2.12. The Balaban J connectivity index is 0.00000289. The van der Waals surface area contributed by atoms with Gasteiger partial charge in [-0.2, -0.15) is 0 Å². The predicted molar refractivity (Wildman–Crippen MR) is 144 cm³/mol. The van der Waals surface area contributed by atoms with Gasteiger partial charge in [-0.25, -0.2) is 9.97 Å². The van der Waals surface area contributed by atoms with Crippen LogP contribution in [0.15, 0.2) is 59.9 Å². The molecule has 0 spiro atoms. The first kappa shape index (κ1) is 24.2. The molecule has 2 N–H and O–H groups in total. The van der Waals surface area contributed by atoms with Crippen LogP contribution in [0, 0.1) is 13.8 Å². The number of nitrogens with one attached hydrogen (secondary N) is 2. The zero-order valence-electron chi connectivity index (χ0n) is 18.6. The van der Waals surface area contributed by atoms with Crippen molar-refractivity contribution in [2.75, 3.05) is 13.6 Å². The van der Waals surface area contributed by atoms with Crippen molar-refractivity contribution in [3.05, 3.63) is 81.6 Å². The van der Waals surface area contributed by atoms with Crippen LogP contribution in [0.2, 0.25) is 0 Å². The van der Waals surface area contributed by atoms with Crippen molar-refractivity contribution in [1.82, 2.24) is 25.2 Å². The van der Waals surface area contributed by atoms with Gasteiger partial charge in [0.2, 0.25) is 0 Å². The minimum absolute atomic E-state index is 0. The van der Waals surface area contributed by atoms with Crippen molar-refractivity contribution in [2.45, 2.75) is 33.4 Å². The smallest absolute Gasteiger partial charge is 0.191 e. The lowest BCUT2D eigenvalue weighted by atomic mass is 10.1. The minimum atomic E-state index is 0. The molecule has 4 aromatic rings. The van der Waals surface area contributed by atoms with Crippen molar-refractivity contribution in [3.8, 4) is 0 Å².